The number of carbonyl (C=O) groups excluding carboxylic acids is 1. The van der Waals surface area contributed by atoms with Gasteiger partial charge in [-0.15, -0.1) is 0 Å². The van der Waals surface area contributed by atoms with Gasteiger partial charge in [-0.2, -0.15) is 0 Å². The average Bonchev–Trinajstić information content (AvgIpc) is 2.10. The molecule has 0 aliphatic carbocycles. The minimum Gasteiger partial charge on any atom is -0.493 e. The molecule has 0 saturated heterocycles. The molecule has 5 nitrogen and oxygen atoms in total. The van der Waals surface area contributed by atoms with Crippen LogP contribution in [0.15, 0.2) is 6.20 Å². The summed E-state index contributed by atoms with van der Waals surface area (Å²) < 4.78 is 9.65. The van der Waals surface area contributed by atoms with Gasteiger partial charge in [-0.25, -0.2) is 9.78 Å². The largest absolute Gasteiger partial charge is 0.493 e. The van der Waals surface area contributed by atoms with Crippen molar-refractivity contribution < 1.29 is 14.3 Å². The van der Waals surface area contributed by atoms with Gasteiger partial charge in [0.1, 0.15) is 0 Å². The molecular formula is C8H9ClN2O3. The van der Waals surface area contributed by atoms with Gasteiger partial charge in [0.25, 0.3) is 0 Å². The molecule has 0 radical (unpaired) electrons. The maximum atomic E-state index is 10.5. The zero-order valence-corrected chi connectivity index (χ0v) is 8.46. The summed E-state index contributed by atoms with van der Waals surface area (Å²) in [6.07, 6.45) is 0.407. The Bertz CT molecular complexity index is 368. The molecule has 0 aromatic carbocycles. The number of halogens is 1. The van der Waals surface area contributed by atoms with Crippen molar-refractivity contribution in [3.8, 4) is 11.5 Å². The van der Waals surface area contributed by atoms with Crippen molar-refractivity contribution >= 4 is 17.7 Å². The number of rotatable bonds is 2. The second-order valence-corrected chi connectivity index (χ2v) is 2.85. The van der Waals surface area contributed by atoms with Gasteiger partial charge in [-0.05, 0) is 6.92 Å². The fraction of sp³-hybridized carbons (Fsp3) is 0.250. The number of primary amides is 1. The van der Waals surface area contributed by atoms with Crippen LogP contribution in [-0.2, 0) is 0 Å². The molecule has 0 saturated carbocycles. The first-order chi connectivity index (χ1) is 6.56. The topological polar surface area (TPSA) is 74.4 Å². The second-order valence-electron chi connectivity index (χ2n) is 2.49. The van der Waals surface area contributed by atoms with Gasteiger partial charge in [0.15, 0.2) is 16.7 Å². The molecule has 6 heteroatoms. The van der Waals surface area contributed by atoms with E-state index in [0.29, 0.717) is 11.3 Å². The number of aromatic nitrogens is 1. The molecule has 14 heavy (non-hydrogen) atoms. The first kappa shape index (κ1) is 10.6. The zero-order chi connectivity index (χ0) is 10.7. The summed E-state index contributed by atoms with van der Waals surface area (Å²) in [4.78, 5) is 14.3. The molecule has 0 aliphatic rings. The molecule has 1 rings (SSSR count). The van der Waals surface area contributed by atoms with E-state index in [1.165, 1.54) is 13.3 Å². The number of nitrogens with zero attached hydrogens (tertiary/aromatic N) is 1. The van der Waals surface area contributed by atoms with Crippen LogP contribution in [0.25, 0.3) is 0 Å². The highest BCUT2D eigenvalue weighted by Crippen LogP contribution is 2.32. The highest BCUT2D eigenvalue weighted by Gasteiger charge is 2.12. The molecule has 0 unspecified atom stereocenters. The lowest BCUT2D eigenvalue weighted by Crippen LogP contribution is -2.17. The van der Waals surface area contributed by atoms with Crippen LogP contribution in [0.2, 0.25) is 5.15 Å². The minimum absolute atomic E-state index is 0.210. The van der Waals surface area contributed by atoms with Crippen molar-refractivity contribution in [2.45, 2.75) is 6.92 Å². The van der Waals surface area contributed by atoms with Crippen molar-refractivity contribution in [2.24, 2.45) is 5.73 Å². The third kappa shape index (κ3) is 2.05. The van der Waals surface area contributed by atoms with Crippen molar-refractivity contribution in [1.29, 1.82) is 0 Å². The summed E-state index contributed by atoms with van der Waals surface area (Å²) in [7, 11) is 1.45. The normalized spacial score (nSPS) is 9.64. The summed E-state index contributed by atoms with van der Waals surface area (Å²) in [5.74, 6) is 0.601. The molecule has 1 aromatic heterocycles. The van der Waals surface area contributed by atoms with E-state index < -0.39 is 6.09 Å². The summed E-state index contributed by atoms with van der Waals surface area (Å²) in [6, 6.07) is 0. The van der Waals surface area contributed by atoms with Crippen LogP contribution in [0, 0.1) is 6.92 Å². The SMILES string of the molecule is COc1c(Cl)ncc(OC(N)=O)c1C. The smallest absolute Gasteiger partial charge is 0.410 e. The quantitative estimate of drug-likeness (QED) is 0.761. The summed E-state index contributed by atoms with van der Waals surface area (Å²) in [5, 5.41) is 0.210. The lowest BCUT2D eigenvalue weighted by atomic mass is 10.2. The minimum atomic E-state index is -0.903. The molecule has 0 spiro atoms. The fourth-order valence-corrected chi connectivity index (χ4v) is 1.25. The van der Waals surface area contributed by atoms with E-state index >= 15 is 0 Å². The Balaban J connectivity index is 3.14. The van der Waals surface area contributed by atoms with Crippen molar-refractivity contribution in [3.63, 3.8) is 0 Å². The third-order valence-electron chi connectivity index (χ3n) is 1.61. The molecule has 1 aromatic rings. The summed E-state index contributed by atoms with van der Waals surface area (Å²) in [6.45, 7) is 1.69. The second kappa shape index (κ2) is 4.15. The fourth-order valence-electron chi connectivity index (χ4n) is 0.986. The van der Waals surface area contributed by atoms with Gasteiger partial charge in [0.2, 0.25) is 0 Å². The number of nitrogens with two attached hydrogens (primary N) is 1. The predicted octanol–water partition coefficient (Wildman–Crippen LogP) is 1.51. The maximum Gasteiger partial charge on any atom is 0.410 e. The van der Waals surface area contributed by atoms with E-state index in [9.17, 15) is 4.79 Å². The van der Waals surface area contributed by atoms with Crippen molar-refractivity contribution in [2.75, 3.05) is 7.11 Å². The van der Waals surface area contributed by atoms with Gasteiger partial charge in [-0.3, -0.25) is 0 Å². The molecule has 2 N–H and O–H groups in total. The van der Waals surface area contributed by atoms with Crippen LogP contribution in [-0.4, -0.2) is 18.2 Å². The van der Waals surface area contributed by atoms with Gasteiger partial charge >= 0.3 is 6.09 Å². The van der Waals surface area contributed by atoms with Crippen LogP contribution >= 0.6 is 11.6 Å². The Morgan fingerprint density at radius 2 is 2.29 bits per heavy atom. The average molecular weight is 217 g/mol. The molecule has 76 valence electrons. The Morgan fingerprint density at radius 3 is 2.79 bits per heavy atom. The maximum absolute atomic E-state index is 10.5. The molecule has 0 aliphatic heterocycles. The molecular weight excluding hydrogens is 208 g/mol. The zero-order valence-electron chi connectivity index (χ0n) is 7.70. The predicted molar refractivity (Wildman–Crippen MR) is 50.7 cm³/mol. The van der Waals surface area contributed by atoms with Crippen molar-refractivity contribution in [1.82, 2.24) is 4.98 Å². The first-order valence-electron chi connectivity index (χ1n) is 3.72. The third-order valence-corrected chi connectivity index (χ3v) is 1.88. The number of pyridine rings is 1. The molecule has 0 atom stereocenters. The number of carbonyl (C=O) groups is 1. The standard InChI is InChI=1S/C8H9ClN2O3/c1-4-5(14-8(10)12)3-11-7(9)6(4)13-2/h3H,1-2H3,(H2,10,12). The van der Waals surface area contributed by atoms with E-state index in [0.717, 1.165) is 0 Å². The van der Waals surface area contributed by atoms with E-state index in [4.69, 9.17) is 22.1 Å². The molecule has 1 heterocycles. The highest BCUT2D eigenvalue weighted by atomic mass is 35.5. The van der Waals surface area contributed by atoms with Gasteiger partial charge in [-0.1, -0.05) is 11.6 Å². The lowest BCUT2D eigenvalue weighted by Gasteiger charge is -2.09. The highest BCUT2D eigenvalue weighted by molar-refractivity contribution is 6.31. The Kier molecular flexibility index (Phi) is 3.14. The van der Waals surface area contributed by atoms with Gasteiger partial charge < -0.3 is 15.2 Å². The molecule has 1 amide bonds. The number of methoxy groups -OCH3 is 1. The summed E-state index contributed by atoms with van der Waals surface area (Å²) in [5.41, 5.74) is 5.44. The monoisotopic (exact) mass is 216 g/mol. The van der Waals surface area contributed by atoms with Crippen LogP contribution in [0.5, 0.6) is 11.5 Å². The summed E-state index contributed by atoms with van der Waals surface area (Å²) >= 11 is 5.73. The Labute approximate surface area is 85.8 Å². The molecule has 0 bridgehead atoms. The van der Waals surface area contributed by atoms with E-state index in [2.05, 4.69) is 9.72 Å². The Morgan fingerprint density at radius 1 is 1.64 bits per heavy atom. The van der Waals surface area contributed by atoms with E-state index in [1.807, 2.05) is 0 Å². The van der Waals surface area contributed by atoms with Crippen LogP contribution in [0.3, 0.4) is 0 Å². The number of amides is 1. The van der Waals surface area contributed by atoms with Gasteiger partial charge in [0.05, 0.1) is 13.3 Å². The van der Waals surface area contributed by atoms with E-state index in [-0.39, 0.29) is 10.9 Å². The van der Waals surface area contributed by atoms with Gasteiger partial charge in [0, 0.05) is 5.56 Å². The van der Waals surface area contributed by atoms with Crippen molar-refractivity contribution in [3.05, 3.63) is 16.9 Å². The number of ether oxygens (including phenoxy) is 2. The number of hydrogen-bond acceptors (Lipinski definition) is 4. The first-order valence-corrected chi connectivity index (χ1v) is 4.10. The number of hydrogen-bond donors (Lipinski definition) is 1. The molecule has 0 fully saturated rings. The van der Waals surface area contributed by atoms with Crippen LogP contribution < -0.4 is 15.2 Å². The van der Waals surface area contributed by atoms with E-state index in [1.54, 1.807) is 6.92 Å². The van der Waals surface area contributed by atoms with Crippen LogP contribution in [0.1, 0.15) is 5.56 Å². The van der Waals surface area contributed by atoms with Crippen LogP contribution in [0.4, 0.5) is 4.79 Å². The Hall–Kier alpha value is -1.49. The lowest BCUT2D eigenvalue weighted by molar-refractivity contribution is 0.210.